The van der Waals surface area contributed by atoms with Gasteiger partial charge in [0.25, 0.3) is 0 Å². The maximum atomic E-state index is 3.44. The molecule has 0 aromatic rings. The van der Waals surface area contributed by atoms with E-state index in [0.29, 0.717) is 0 Å². The predicted octanol–water partition coefficient (Wildman–Crippen LogP) is 3.51. The maximum absolute atomic E-state index is 3.44. The van der Waals surface area contributed by atoms with Crippen molar-refractivity contribution in [2.24, 2.45) is 0 Å². The minimum absolute atomic E-state index is 1.18. The molecule has 0 fully saturated rings. The van der Waals surface area contributed by atoms with Gasteiger partial charge in [0.15, 0.2) is 0 Å². The average molecular weight is 183 g/mol. The Kier molecular flexibility index (Phi) is 8.11. The highest BCUT2D eigenvalue weighted by atomic mass is 14.8. The van der Waals surface area contributed by atoms with Crippen molar-refractivity contribution in [1.82, 2.24) is 5.32 Å². The van der Waals surface area contributed by atoms with E-state index in [-0.39, 0.29) is 0 Å². The van der Waals surface area contributed by atoms with Crippen LogP contribution < -0.4 is 5.32 Å². The van der Waals surface area contributed by atoms with Gasteiger partial charge in [-0.2, -0.15) is 0 Å². The third-order valence-corrected chi connectivity index (χ3v) is 2.54. The molecule has 1 nitrogen and oxygen atoms in total. The first-order valence-corrected chi connectivity index (χ1v) is 5.72. The number of nitrogens with one attached hydrogen (secondary N) is 1. The molecular weight excluding hydrogens is 158 g/mol. The molecule has 1 heteroatoms. The van der Waals surface area contributed by atoms with E-state index in [1.807, 2.05) is 13.8 Å². The quantitative estimate of drug-likeness (QED) is 0.613. The number of hydrogen-bond acceptors (Lipinski definition) is 1. The molecule has 0 aliphatic carbocycles. The highest BCUT2D eigenvalue weighted by Crippen LogP contribution is 2.17. The van der Waals surface area contributed by atoms with Crippen LogP contribution >= 0.6 is 0 Å². The van der Waals surface area contributed by atoms with Gasteiger partial charge in [0.2, 0.25) is 0 Å². The summed E-state index contributed by atoms with van der Waals surface area (Å²) < 4.78 is 0. The monoisotopic (exact) mass is 183 g/mol. The number of allylic oxidation sites excluding steroid dienone is 1. The van der Waals surface area contributed by atoms with E-state index in [4.69, 9.17) is 0 Å². The summed E-state index contributed by atoms with van der Waals surface area (Å²) in [6.07, 6.45) is 5.13. The first-order chi connectivity index (χ1) is 6.34. The van der Waals surface area contributed by atoms with Crippen LogP contribution in [0.1, 0.15) is 53.4 Å². The van der Waals surface area contributed by atoms with E-state index in [1.165, 1.54) is 38.8 Å². The van der Waals surface area contributed by atoms with E-state index >= 15 is 0 Å². The molecule has 0 saturated carbocycles. The van der Waals surface area contributed by atoms with E-state index in [0.717, 1.165) is 0 Å². The Balaban J connectivity index is 0.000000671. The number of rotatable bonds is 1. The highest BCUT2D eigenvalue weighted by molar-refractivity contribution is 5.12. The lowest BCUT2D eigenvalue weighted by atomic mass is 9.98. The summed E-state index contributed by atoms with van der Waals surface area (Å²) in [5.74, 6) is 0. The molecule has 0 spiro atoms. The zero-order valence-corrected chi connectivity index (χ0v) is 9.74. The topological polar surface area (TPSA) is 12.0 Å². The molecule has 1 rings (SSSR count). The van der Waals surface area contributed by atoms with Gasteiger partial charge in [-0.05, 0) is 45.7 Å². The number of hydrogen-bond donors (Lipinski definition) is 1. The van der Waals surface area contributed by atoms with Crippen LogP contribution in [0.2, 0.25) is 0 Å². The van der Waals surface area contributed by atoms with Gasteiger partial charge in [-0.15, -0.1) is 0 Å². The molecule has 0 bridgehead atoms. The molecule has 0 atom stereocenters. The lowest BCUT2D eigenvalue weighted by Crippen LogP contribution is -2.19. The Morgan fingerprint density at radius 2 is 1.85 bits per heavy atom. The molecule has 1 aliphatic heterocycles. The van der Waals surface area contributed by atoms with Gasteiger partial charge in [-0.25, -0.2) is 0 Å². The molecular formula is C12H25N. The van der Waals surface area contributed by atoms with Crippen molar-refractivity contribution in [1.29, 1.82) is 0 Å². The van der Waals surface area contributed by atoms with Gasteiger partial charge in [-0.3, -0.25) is 0 Å². The van der Waals surface area contributed by atoms with Crippen molar-refractivity contribution >= 4 is 0 Å². The Morgan fingerprint density at radius 3 is 2.46 bits per heavy atom. The van der Waals surface area contributed by atoms with E-state index in [9.17, 15) is 0 Å². The minimum atomic E-state index is 1.18. The van der Waals surface area contributed by atoms with Gasteiger partial charge in [0, 0.05) is 0 Å². The lowest BCUT2D eigenvalue weighted by molar-refractivity contribution is 0.612. The van der Waals surface area contributed by atoms with Crippen LogP contribution in [-0.4, -0.2) is 13.1 Å². The second-order valence-corrected chi connectivity index (χ2v) is 3.34. The molecule has 78 valence electrons. The lowest BCUT2D eigenvalue weighted by Gasteiger charge is -2.15. The van der Waals surface area contributed by atoms with Crippen molar-refractivity contribution in [3.05, 3.63) is 11.1 Å². The Morgan fingerprint density at radius 1 is 1.15 bits per heavy atom. The summed E-state index contributed by atoms with van der Waals surface area (Å²) in [4.78, 5) is 0. The summed E-state index contributed by atoms with van der Waals surface area (Å²) >= 11 is 0. The SMILES string of the molecule is CC.CC/C1=C(\C)CCCNCC1. The first kappa shape index (κ1) is 12.7. The summed E-state index contributed by atoms with van der Waals surface area (Å²) in [5, 5.41) is 3.44. The van der Waals surface area contributed by atoms with E-state index in [1.54, 1.807) is 11.1 Å². The molecule has 0 amide bonds. The van der Waals surface area contributed by atoms with Gasteiger partial charge >= 0.3 is 0 Å². The summed E-state index contributed by atoms with van der Waals surface area (Å²) in [6.45, 7) is 10.9. The van der Waals surface area contributed by atoms with Crippen LogP contribution in [0.15, 0.2) is 11.1 Å². The van der Waals surface area contributed by atoms with Crippen LogP contribution in [0.4, 0.5) is 0 Å². The molecule has 1 aliphatic rings. The second kappa shape index (κ2) is 8.31. The molecule has 0 aromatic carbocycles. The van der Waals surface area contributed by atoms with Crippen LogP contribution in [0.25, 0.3) is 0 Å². The fraction of sp³-hybridized carbons (Fsp3) is 0.833. The Hall–Kier alpha value is -0.300. The van der Waals surface area contributed by atoms with Crippen molar-refractivity contribution in [3.63, 3.8) is 0 Å². The van der Waals surface area contributed by atoms with Gasteiger partial charge in [0.1, 0.15) is 0 Å². The third kappa shape index (κ3) is 5.09. The van der Waals surface area contributed by atoms with Gasteiger partial charge < -0.3 is 5.32 Å². The van der Waals surface area contributed by atoms with Crippen molar-refractivity contribution in [2.75, 3.05) is 13.1 Å². The molecule has 0 unspecified atom stereocenters. The minimum Gasteiger partial charge on any atom is -0.316 e. The predicted molar refractivity (Wildman–Crippen MR) is 61.1 cm³/mol. The van der Waals surface area contributed by atoms with Crippen molar-refractivity contribution < 1.29 is 0 Å². The Bertz CT molecular complexity index is 147. The first-order valence-electron chi connectivity index (χ1n) is 5.72. The van der Waals surface area contributed by atoms with Gasteiger partial charge in [0.05, 0.1) is 0 Å². The summed E-state index contributed by atoms with van der Waals surface area (Å²) in [6, 6.07) is 0. The van der Waals surface area contributed by atoms with Crippen molar-refractivity contribution in [3.8, 4) is 0 Å². The Labute approximate surface area is 83.6 Å². The molecule has 0 saturated heterocycles. The van der Waals surface area contributed by atoms with Crippen LogP contribution in [0.3, 0.4) is 0 Å². The van der Waals surface area contributed by atoms with E-state index in [2.05, 4.69) is 19.2 Å². The smallest absolute Gasteiger partial charge is 0.00115 e. The largest absolute Gasteiger partial charge is 0.316 e. The normalized spacial score (nSPS) is 24.0. The fourth-order valence-electron chi connectivity index (χ4n) is 1.71. The zero-order chi connectivity index (χ0) is 10.1. The van der Waals surface area contributed by atoms with Crippen LogP contribution in [0, 0.1) is 0 Å². The standard InChI is InChI=1S/C10H19N.C2H6/c1-3-10-6-8-11-7-4-5-9(10)2;1-2/h11H,3-8H2,1-2H3;1-2H3/b10-9-;. The second-order valence-electron chi connectivity index (χ2n) is 3.34. The van der Waals surface area contributed by atoms with Crippen LogP contribution in [-0.2, 0) is 0 Å². The fourth-order valence-corrected chi connectivity index (χ4v) is 1.71. The maximum Gasteiger partial charge on any atom is -0.00115 e. The molecule has 0 radical (unpaired) electrons. The zero-order valence-electron chi connectivity index (χ0n) is 9.74. The third-order valence-electron chi connectivity index (χ3n) is 2.54. The summed E-state index contributed by atoms with van der Waals surface area (Å²) in [5.41, 5.74) is 3.33. The molecule has 13 heavy (non-hydrogen) atoms. The molecule has 1 N–H and O–H groups in total. The molecule has 0 aromatic heterocycles. The van der Waals surface area contributed by atoms with Gasteiger partial charge in [-0.1, -0.05) is 31.9 Å². The summed E-state index contributed by atoms with van der Waals surface area (Å²) in [7, 11) is 0. The van der Waals surface area contributed by atoms with Crippen molar-refractivity contribution in [2.45, 2.75) is 53.4 Å². The molecule has 1 heterocycles. The van der Waals surface area contributed by atoms with Crippen LogP contribution in [0.5, 0.6) is 0 Å². The highest BCUT2D eigenvalue weighted by Gasteiger charge is 2.03. The van der Waals surface area contributed by atoms with E-state index < -0.39 is 0 Å². The average Bonchev–Trinajstić information content (AvgIpc) is 2.16.